The summed E-state index contributed by atoms with van der Waals surface area (Å²) in [5.41, 5.74) is 3.86. The lowest BCUT2D eigenvalue weighted by atomic mass is 9.96. The second kappa shape index (κ2) is 6.95. The minimum Gasteiger partial charge on any atom is -0.496 e. The Morgan fingerprint density at radius 3 is 2.43 bits per heavy atom. The van der Waals surface area contributed by atoms with Gasteiger partial charge in [0.25, 0.3) is 0 Å². The second-order valence-corrected chi connectivity index (χ2v) is 5.39. The van der Waals surface area contributed by atoms with E-state index >= 15 is 0 Å². The molecule has 0 spiro atoms. The van der Waals surface area contributed by atoms with Crippen molar-refractivity contribution in [2.45, 2.75) is 32.1 Å². The van der Waals surface area contributed by atoms with Gasteiger partial charge in [-0.25, -0.2) is 4.39 Å². The molecule has 1 atom stereocenters. The van der Waals surface area contributed by atoms with E-state index in [-0.39, 0.29) is 5.82 Å². The lowest BCUT2D eigenvalue weighted by molar-refractivity contribution is 0.405. The molecular weight excluding hydrogens is 287 g/mol. The van der Waals surface area contributed by atoms with Gasteiger partial charge in [-0.05, 0) is 41.7 Å². The number of benzene rings is 2. The Morgan fingerprint density at radius 2 is 1.81 bits per heavy atom. The van der Waals surface area contributed by atoms with E-state index in [1.54, 1.807) is 12.1 Å². The Labute approximate surface area is 130 Å². The highest BCUT2D eigenvalue weighted by Gasteiger charge is 2.20. The number of methoxy groups -OCH3 is 1. The van der Waals surface area contributed by atoms with Gasteiger partial charge in [-0.2, -0.15) is 0 Å². The lowest BCUT2D eigenvalue weighted by Gasteiger charge is -2.17. The van der Waals surface area contributed by atoms with Crippen LogP contribution in [0.15, 0.2) is 36.4 Å². The fourth-order valence-electron chi connectivity index (χ4n) is 2.59. The SMILES string of the molecule is CCc1ccc(C(Cl)c2c(F)cccc2OC)cc1CC. The Balaban J connectivity index is 2.47. The molecular formula is C18H20ClFO. The average Bonchev–Trinajstić information content (AvgIpc) is 2.53. The van der Waals surface area contributed by atoms with Gasteiger partial charge in [-0.1, -0.05) is 38.1 Å². The minimum absolute atomic E-state index is 0.341. The van der Waals surface area contributed by atoms with Gasteiger partial charge in [0.2, 0.25) is 0 Å². The minimum atomic E-state index is -0.558. The first-order valence-electron chi connectivity index (χ1n) is 7.20. The number of alkyl halides is 1. The zero-order valence-corrected chi connectivity index (χ0v) is 13.4. The van der Waals surface area contributed by atoms with Crippen LogP contribution in [-0.4, -0.2) is 7.11 Å². The Morgan fingerprint density at radius 1 is 1.10 bits per heavy atom. The summed E-state index contributed by atoms with van der Waals surface area (Å²) in [5.74, 6) is 0.139. The number of hydrogen-bond acceptors (Lipinski definition) is 1. The first kappa shape index (κ1) is 15.8. The molecule has 3 heteroatoms. The summed E-state index contributed by atoms with van der Waals surface area (Å²) in [4.78, 5) is 0. The quantitative estimate of drug-likeness (QED) is 0.682. The molecule has 0 aliphatic rings. The Kier molecular flexibility index (Phi) is 5.24. The van der Waals surface area contributed by atoms with Gasteiger partial charge >= 0.3 is 0 Å². The molecule has 0 aliphatic heterocycles. The van der Waals surface area contributed by atoms with E-state index in [1.165, 1.54) is 24.3 Å². The van der Waals surface area contributed by atoms with E-state index in [4.69, 9.17) is 16.3 Å². The van der Waals surface area contributed by atoms with Crippen molar-refractivity contribution in [1.29, 1.82) is 0 Å². The molecule has 0 radical (unpaired) electrons. The van der Waals surface area contributed by atoms with E-state index < -0.39 is 5.38 Å². The van der Waals surface area contributed by atoms with Crippen molar-refractivity contribution < 1.29 is 9.13 Å². The van der Waals surface area contributed by atoms with Gasteiger partial charge < -0.3 is 4.74 Å². The third kappa shape index (κ3) is 3.21. The van der Waals surface area contributed by atoms with Gasteiger partial charge in [-0.15, -0.1) is 11.6 Å². The zero-order valence-electron chi connectivity index (χ0n) is 12.6. The molecule has 0 aromatic heterocycles. The normalized spacial score (nSPS) is 12.2. The standard InChI is InChI=1S/C18H20ClFO/c1-4-12-9-10-14(11-13(12)5-2)18(19)17-15(20)7-6-8-16(17)21-3/h6-11,18H,4-5H2,1-3H3. The molecule has 21 heavy (non-hydrogen) atoms. The maximum Gasteiger partial charge on any atom is 0.131 e. The van der Waals surface area contributed by atoms with Crippen LogP contribution in [-0.2, 0) is 12.8 Å². The maximum atomic E-state index is 14.1. The maximum absolute atomic E-state index is 14.1. The van der Waals surface area contributed by atoms with Crippen molar-refractivity contribution in [3.63, 3.8) is 0 Å². The monoisotopic (exact) mass is 306 g/mol. The summed E-state index contributed by atoms with van der Waals surface area (Å²) in [7, 11) is 1.53. The third-order valence-corrected chi connectivity index (χ3v) is 4.24. The van der Waals surface area contributed by atoms with Gasteiger partial charge in [0, 0.05) is 0 Å². The summed E-state index contributed by atoms with van der Waals surface area (Å²) in [5, 5.41) is -0.558. The van der Waals surface area contributed by atoms with Crippen LogP contribution in [0.2, 0.25) is 0 Å². The highest BCUT2D eigenvalue weighted by Crippen LogP contribution is 2.37. The molecule has 0 saturated heterocycles. The van der Waals surface area contributed by atoms with Gasteiger partial charge in [0.05, 0.1) is 18.1 Å². The first-order valence-corrected chi connectivity index (χ1v) is 7.64. The molecule has 0 aliphatic carbocycles. The predicted octanol–water partition coefficient (Wildman–Crippen LogP) is 5.29. The second-order valence-electron chi connectivity index (χ2n) is 4.95. The van der Waals surface area contributed by atoms with E-state index in [0.717, 1.165) is 18.4 Å². The Bertz CT molecular complexity index is 625. The highest BCUT2D eigenvalue weighted by atomic mass is 35.5. The van der Waals surface area contributed by atoms with Crippen LogP contribution in [0.4, 0.5) is 4.39 Å². The van der Waals surface area contributed by atoms with Crippen molar-refractivity contribution in [2.75, 3.05) is 7.11 Å². The van der Waals surface area contributed by atoms with Crippen molar-refractivity contribution in [3.8, 4) is 5.75 Å². The van der Waals surface area contributed by atoms with E-state index in [9.17, 15) is 4.39 Å². The van der Waals surface area contributed by atoms with Crippen molar-refractivity contribution >= 4 is 11.6 Å². The fourth-order valence-corrected chi connectivity index (χ4v) is 2.93. The molecule has 0 heterocycles. The van der Waals surface area contributed by atoms with Crippen LogP contribution in [0.5, 0.6) is 5.75 Å². The van der Waals surface area contributed by atoms with Crippen LogP contribution < -0.4 is 4.74 Å². The fraction of sp³-hybridized carbons (Fsp3) is 0.333. The molecule has 0 N–H and O–H groups in total. The third-order valence-electron chi connectivity index (χ3n) is 3.77. The molecule has 0 fully saturated rings. The summed E-state index contributed by atoms with van der Waals surface area (Å²) < 4.78 is 19.4. The molecule has 2 aromatic carbocycles. The highest BCUT2D eigenvalue weighted by molar-refractivity contribution is 6.22. The smallest absolute Gasteiger partial charge is 0.131 e. The molecule has 112 valence electrons. The molecule has 2 aromatic rings. The number of halogens is 2. The topological polar surface area (TPSA) is 9.23 Å². The van der Waals surface area contributed by atoms with Crippen molar-refractivity contribution in [2.24, 2.45) is 0 Å². The van der Waals surface area contributed by atoms with E-state index in [1.807, 2.05) is 6.07 Å². The molecule has 0 amide bonds. The van der Waals surface area contributed by atoms with E-state index in [2.05, 4.69) is 26.0 Å². The van der Waals surface area contributed by atoms with Gasteiger partial charge in [0.15, 0.2) is 0 Å². The van der Waals surface area contributed by atoms with Gasteiger partial charge in [0.1, 0.15) is 11.6 Å². The largest absolute Gasteiger partial charge is 0.496 e. The van der Waals surface area contributed by atoms with Crippen LogP contribution in [0, 0.1) is 5.82 Å². The number of hydrogen-bond donors (Lipinski definition) is 0. The summed E-state index contributed by atoms with van der Waals surface area (Å²) in [6, 6.07) is 10.9. The number of aryl methyl sites for hydroxylation is 2. The molecule has 2 rings (SSSR count). The molecule has 0 bridgehead atoms. The molecule has 1 unspecified atom stereocenters. The average molecular weight is 307 g/mol. The number of ether oxygens (including phenoxy) is 1. The van der Waals surface area contributed by atoms with Gasteiger partial charge in [-0.3, -0.25) is 0 Å². The summed E-state index contributed by atoms with van der Waals surface area (Å²) in [6.07, 6.45) is 1.93. The van der Waals surface area contributed by atoms with Crippen LogP contribution >= 0.6 is 11.6 Å². The summed E-state index contributed by atoms with van der Waals surface area (Å²) >= 11 is 6.53. The van der Waals surface area contributed by atoms with Crippen LogP contribution in [0.3, 0.4) is 0 Å². The lowest BCUT2D eigenvalue weighted by Crippen LogP contribution is -2.02. The van der Waals surface area contributed by atoms with Crippen molar-refractivity contribution in [1.82, 2.24) is 0 Å². The summed E-state index contributed by atoms with van der Waals surface area (Å²) in [6.45, 7) is 4.25. The van der Waals surface area contributed by atoms with Crippen LogP contribution in [0.25, 0.3) is 0 Å². The van der Waals surface area contributed by atoms with Crippen LogP contribution in [0.1, 0.15) is 41.5 Å². The first-order chi connectivity index (χ1) is 10.1. The predicted molar refractivity (Wildman–Crippen MR) is 85.8 cm³/mol. The number of rotatable bonds is 5. The molecule has 1 nitrogen and oxygen atoms in total. The Hall–Kier alpha value is -1.54. The van der Waals surface area contributed by atoms with Crippen molar-refractivity contribution in [3.05, 3.63) is 64.5 Å². The molecule has 0 saturated carbocycles. The van der Waals surface area contributed by atoms with E-state index in [0.29, 0.717) is 11.3 Å². The zero-order chi connectivity index (χ0) is 15.4.